The van der Waals surface area contributed by atoms with Gasteiger partial charge in [0.05, 0.1) is 0 Å². The zero-order valence-electron chi connectivity index (χ0n) is 14.8. The van der Waals surface area contributed by atoms with Crippen LogP contribution >= 0.6 is 0 Å². The normalized spacial score (nSPS) is 30.3. The fraction of sp³-hybridized carbons (Fsp3) is 1.00. The predicted molar refractivity (Wildman–Crippen MR) is 89.0 cm³/mol. The average molecular weight is 280 g/mol. The minimum atomic E-state index is 0.515. The van der Waals surface area contributed by atoms with E-state index < -0.39 is 0 Å². The van der Waals surface area contributed by atoms with Crippen molar-refractivity contribution in [3.8, 4) is 0 Å². The first-order chi connectivity index (χ1) is 9.12. The topological polar surface area (TPSA) is 3.24 Å². The highest BCUT2D eigenvalue weighted by Crippen LogP contribution is 2.41. The zero-order chi connectivity index (χ0) is 15.0. The average Bonchev–Trinajstić information content (AvgIpc) is 2.21. The largest absolute Gasteiger partial charge is 0.300 e. The molecule has 0 spiro atoms. The van der Waals surface area contributed by atoms with Crippen molar-refractivity contribution < 1.29 is 0 Å². The first kappa shape index (κ1) is 16.3. The van der Waals surface area contributed by atoms with E-state index in [1.165, 1.54) is 51.6 Å². The predicted octanol–water partition coefficient (Wildman–Crippen LogP) is 5.35. The van der Waals surface area contributed by atoms with Crippen LogP contribution in [0.15, 0.2) is 0 Å². The van der Waals surface area contributed by atoms with Gasteiger partial charge in [0.1, 0.15) is 0 Å². The molecule has 0 aromatic carbocycles. The van der Waals surface area contributed by atoms with Crippen LogP contribution in [0.2, 0.25) is 0 Å². The van der Waals surface area contributed by atoms with Crippen LogP contribution < -0.4 is 0 Å². The fourth-order valence-electron chi connectivity index (χ4n) is 4.42. The molecule has 1 aliphatic heterocycles. The Morgan fingerprint density at radius 2 is 1.20 bits per heavy atom. The molecule has 1 saturated carbocycles. The van der Waals surface area contributed by atoms with E-state index in [-0.39, 0.29) is 0 Å². The molecule has 1 aliphatic carbocycles. The lowest BCUT2D eigenvalue weighted by Crippen LogP contribution is -2.48. The van der Waals surface area contributed by atoms with Crippen LogP contribution in [-0.4, -0.2) is 24.0 Å². The molecule has 1 nitrogen and oxygen atoms in total. The number of rotatable bonds is 3. The Morgan fingerprint density at radius 1 is 0.750 bits per heavy atom. The van der Waals surface area contributed by atoms with Gasteiger partial charge in [-0.15, -0.1) is 0 Å². The van der Waals surface area contributed by atoms with Crippen LogP contribution in [0.5, 0.6) is 0 Å². The van der Waals surface area contributed by atoms with Crippen molar-refractivity contribution in [2.75, 3.05) is 13.1 Å². The van der Waals surface area contributed by atoms with Crippen LogP contribution in [-0.2, 0) is 0 Å². The third-order valence-electron chi connectivity index (χ3n) is 5.18. The van der Waals surface area contributed by atoms with Gasteiger partial charge in [-0.25, -0.2) is 0 Å². The standard InChI is InChI=1S/C19H37N/c1-18(2,3)13-15-7-9-20(10-8-15)17-11-16(12-17)14-19(4,5)6/h15-17H,7-14H2,1-6H3. The molecule has 2 aliphatic rings. The van der Waals surface area contributed by atoms with E-state index in [0.717, 1.165) is 17.9 Å². The molecule has 0 N–H and O–H groups in total. The van der Waals surface area contributed by atoms with E-state index in [2.05, 4.69) is 46.4 Å². The second-order valence-corrected chi connectivity index (χ2v) is 10.0. The monoisotopic (exact) mass is 279 g/mol. The highest BCUT2D eigenvalue weighted by molar-refractivity contribution is 4.91. The van der Waals surface area contributed by atoms with Crippen molar-refractivity contribution in [2.24, 2.45) is 22.7 Å². The Kier molecular flexibility index (Phi) is 4.89. The summed E-state index contributed by atoms with van der Waals surface area (Å²) in [6, 6.07) is 0.929. The molecule has 1 saturated heterocycles. The van der Waals surface area contributed by atoms with Gasteiger partial charge in [0.15, 0.2) is 0 Å². The first-order valence-electron chi connectivity index (χ1n) is 8.86. The van der Waals surface area contributed by atoms with E-state index in [9.17, 15) is 0 Å². The van der Waals surface area contributed by atoms with Gasteiger partial charge >= 0.3 is 0 Å². The zero-order valence-corrected chi connectivity index (χ0v) is 14.8. The number of piperidine rings is 1. The molecule has 20 heavy (non-hydrogen) atoms. The van der Waals surface area contributed by atoms with Crippen molar-refractivity contribution >= 4 is 0 Å². The van der Waals surface area contributed by atoms with Gasteiger partial charge in [0, 0.05) is 6.04 Å². The van der Waals surface area contributed by atoms with Crippen molar-refractivity contribution in [1.82, 2.24) is 4.90 Å². The molecule has 0 atom stereocenters. The number of nitrogens with zero attached hydrogens (tertiary/aromatic N) is 1. The maximum Gasteiger partial charge on any atom is 0.0101 e. The highest BCUT2D eigenvalue weighted by atomic mass is 15.2. The minimum Gasteiger partial charge on any atom is -0.300 e. The van der Waals surface area contributed by atoms with Gasteiger partial charge in [-0.05, 0) is 74.3 Å². The van der Waals surface area contributed by atoms with Crippen LogP contribution in [0.25, 0.3) is 0 Å². The Labute approximate surface area is 127 Å². The summed E-state index contributed by atoms with van der Waals surface area (Å²) in [5.41, 5.74) is 1.04. The van der Waals surface area contributed by atoms with Gasteiger partial charge < -0.3 is 4.90 Å². The molecule has 2 rings (SSSR count). The second kappa shape index (κ2) is 5.99. The van der Waals surface area contributed by atoms with Gasteiger partial charge in [-0.1, -0.05) is 41.5 Å². The Balaban J connectivity index is 1.66. The van der Waals surface area contributed by atoms with E-state index in [0.29, 0.717) is 10.8 Å². The third kappa shape index (κ3) is 5.06. The molecule has 0 unspecified atom stereocenters. The molecule has 2 fully saturated rings. The van der Waals surface area contributed by atoms with E-state index >= 15 is 0 Å². The maximum absolute atomic E-state index is 2.80. The molecular formula is C19H37N. The van der Waals surface area contributed by atoms with Gasteiger partial charge in [0.25, 0.3) is 0 Å². The fourth-order valence-corrected chi connectivity index (χ4v) is 4.42. The lowest BCUT2D eigenvalue weighted by atomic mass is 9.70. The lowest BCUT2D eigenvalue weighted by Gasteiger charge is -2.47. The van der Waals surface area contributed by atoms with Crippen molar-refractivity contribution in [3.05, 3.63) is 0 Å². The maximum atomic E-state index is 2.80. The molecular weight excluding hydrogens is 242 g/mol. The summed E-state index contributed by atoms with van der Waals surface area (Å²) in [5, 5.41) is 0. The molecule has 1 heteroatoms. The van der Waals surface area contributed by atoms with Crippen molar-refractivity contribution in [2.45, 2.75) is 86.1 Å². The Bertz CT molecular complexity index is 293. The minimum absolute atomic E-state index is 0.515. The molecule has 1 heterocycles. The van der Waals surface area contributed by atoms with E-state index in [4.69, 9.17) is 0 Å². The van der Waals surface area contributed by atoms with Gasteiger partial charge in [0.2, 0.25) is 0 Å². The highest BCUT2D eigenvalue weighted by Gasteiger charge is 2.37. The van der Waals surface area contributed by atoms with Crippen LogP contribution in [0.1, 0.15) is 80.1 Å². The summed E-state index contributed by atoms with van der Waals surface area (Å²) in [6.45, 7) is 17.1. The van der Waals surface area contributed by atoms with Gasteiger partial charge in [-0.3, -0.25) is 0 Å². The SMILES string of the molecule is CC(C)(C)CC1CCN(C2CC(CC(C)(C)C)C2)CC1. The molecule has 0 bridgehead atoms. The van der Waals surface area contributed by atoms with Crippen LogP contribution in [0.4, 0.5) is 0 Å². The van der Waals surface area contributed by atoms with Gasteiger partial charge in [-0.2, -0.15) is 0 Å². The number of hydrogen-bond acceptors (Lipinski definition) is 1. The number of hydrogen-bond donors (Lipinski definition) is 0. The molecule has 118 valence electrons. The Morgan fingerprint density at radius 3 is 1.65 bits per heavy atom. The smallest absolute Gasteiger partial charge is 0.0101 e. The van der Waals surface area contributed by atoms with Crippen molar-refractivity contribution in [1.29, 1.82) is 0 Å². The molecule has 0 aromatic rings. The lowest BCUT2D eigenvalue weighted by molar-refractivity contribution is 0.0282. The summed E-state index contributed by atoms with van der Waals surface area (Å²) in [5.74, 6) is 1.99. The third-order valence-corrected chi connectivity index (χ3v) is 5.18. The first-order valence-corrected chi connectivity index (χ1v) is 8.86. The van der Waals surface area contributed by atoms with Crippen LogP contribution in [0, 0.1) is 22.7 Å². The number of likely N-dealkylation sites (tertiary alicyclic amines) is 1. The summed E-state index contributed by atoms with van der Waals surface area (Å²) in [6.07, 6.45) is 8.67. The van der Waals surface area contributed by atoms with Crippen molar-refractivity contribution in [3.63, 3.8) is 0 Å². The summed E-state index contributed by atoms with van der Waals surface area (Å²) < 4.78 is 0. The quantitative estimate of drug-likeness (QED) is 0.673. The second-order valence-electron chi connectivity index (χ2n) is 10.0. The van der Waals surface area contributed by atoms with E-state index in [1.54, 1.807) is 0 Å². The summed E-state index contributed by atoms with van der Waals surface area (Å²) in [7, 11) is 0. The van der Waals surface area contributed by atoms with Crippen LogP contribution in [0.3, 0.4) is 0 Å². The Hall–Kier alpha value is -0.0400. The summed E-state index contributed by atoms with van der Waals surface area (Å²) in [4.78, 5) is 2.80. The molecule has 0 radical (unpaired) electrons. The molecule has 0 amide bonds. The van der Waals surface area contributed by atoms with E-state index in [1.807, 2.05) is 0 Å². The summed E-state index contributed by atoms with van der Waals surface area (Å²) >= 11 is 0. The molecule has 0 aromatic heterocycles.